The zero-order chi connectivity index (χ0) is 20.8. The molecule has 1 aromatic carbocycles. The molecule has 1 aliphatic heterocycles. The van der Waals surface area contributed by atoms with Crippen molar-refractivity contribution in [1.29, 1.82) is 0 Å². The van der Waals surface area contributed by atoms with Gasteiger partial charge in [-0.1, -0.05) is 24.3 Å². The highest BCUT2D eigenvalue weighted by Gasteiger charge is 2.36. The van der Waals surface area contributed by atoms with Crippen molar-refractivity contribution in [2.45, 2.75) is 58.0 Å². The van der Waals surface area contributed by atoms with E-state index in [-0.39, 0.29) is 6.42 Å². The average Bonchev–Trinajstić information content (AvgIpc) is 2.59. The Morgan fingerprint density at radius 1 is 1.24 bits per heavy atom. The second-order valence-electron chi connectivity index (χ2n) is 8.47. The number of aliphatic carboxylic acids is 1. The number of hydrogen-bond acceptors (Lipinski definition) is 6. The van der Waals surface area contributed by atoms with Gasteiger partial charge in [0, 0.05) is 12.0 Å². The van der Waals surface area contributed by atoms with Gasteiger partial charge in [0.1, 0.15) is 11.4 Å². The Morgan fingerprint density at radius 3 is 2.59 bits per heavy atom. The van der Waals surface area contributed by atoms with E-state index in [4.69, 9.17) is 20.6 Å². The smallest absolute Gasteiger partial charge is 0.303 e. The summed E-state index contributed by atoms with van der Waals surface area (Å²) >= 11 is 0. The fourth-order valence-electron chi connectivity index (χ4n) is 4.17. The number of benzene rings is 1. The molecule has 1 aliphatic carbocycles. The maximum Gasteiger partial charge on any atom is 0.303 e. The summed E-state index contributed by atoms with van der Waals surface area (Å²) in [5.74, 6) is 1.61. The van der Waals surface area contributed by atoms with E-state index in [0.29, 0.717) is 35.0 Å². The standard InChI is InChI=1S/C22H26N4O3/c1-12-24-20(23)18-21(25-12)29-22(2,3)19(26-18)15-7-5-14(6-8-15)16-10-13(11-16)4-9-17(27)28/h5-8,13,16H,4,9-11H2,1-3H3,(H,27,28)(H2,23,24,25). The Bertz CT molecular complexity index is 976. The van der Waals surface area contributed by atoms with Crippen LogP contribution in [-0.2, 0) is 4.79 Å². The summed E-state index contributed by atoms with van der Waals surface area (Å²) in [6, 6.07) is 8.41. The number of nitrogens with two attached hydrogens (primary N) is 1. The zero-order valence-electron chi connectivity index (χ0n) is 17.0. The van der Waals surface area contributed by atoms with Crippen LogP contribution in [0.5, 0.6) is 5.88 Å². The fourth-order valence-corrected chi connectivity index (χ4v) is 4.17. The number of fused-ring (bicyclic) bond motifs is 1. The number of hydrogen-bond donors (Lipinski definition) is 2. The van der Waals surface area contributed by atoms with Crippen molar-refractivity contribution >= 4 is 23.2 Å². The summed E-state index contributed by atoms with van der Waals surface area (Å²) in [5.41, 5.74) is 8.94. The summed E-state index contributed by atoms with van der Waals surface area (Å²) in [7, 11) is 0. The Balaban J connectivity index is 1.53. The van der Waals surface area contributed by atoms with E-state index in [2.05, 4.69) is 34.2 Å². The number of nitrogens with zero attached hydrogens (tertiary/aromatic N) is 3. The quantitative estimate of drug-likeness (QED) is 0.792. The lowest BCUT2D eigenvalue weighted by Gasteiger charge is -2.36. The number of carbonyl (C=O) groups is 1. The number of rotatable bonds is 5. The molecule has 1 fully saturated rings. The fraction of sp³-hybridized carbons (Fsp3) is 0.455. The number of aliphatic imine (C=N–C) groups is 1. The number of nitrogen functional groups attached to an aromatic ring is 1. The van der Waals surface area contributed by atoms with Gasteiger partial charge in [-0.2, -0.15) is 4.98 Å². The molecule has 0 radical (unpaired) electrons. The van der Waals surface area contributed by atoms with Crippen molar-refractivity contribution in [2.75, 3.05) is 5.73 Å². The van der Waals surface area contributed by atoms with Crippen molar-refractivity contribution in [1.82, 2.24) is 9.97 Å². The highest BCUT2D eigenvalue weighted by molar-refractivity contribution is 6.09. The molecule has 0 atom stereocenters. The van der Waals surface area contributed by atoms with E-state index in [1.807, 2.05) is 13.8 Å². The van der Waals surface area contributed by atoms with Crippen LogP contribution in [0.2, 0.25) is 0 Å². The molecule has 0 amide bonds. The van der Waals surface area contributed by atoms with Crippen LogP contribution in [-0.4, -0.2) is 32.4 Å². The normalized spacial score (nSPS) is 22.1. The number of carboxylic acids is 1. The summed E-state index contributed by atoms with van der Waals surface area (Å²) in [4.78, 5) is 24.0. The lowest BCUT2D eigenvalue weighted by Crippen LogP contribution is -2.41. The van der Waals surface area contributed by atoms with Crippen LogP contribution in [0.25, 0.3) is 0 Å². The third-order valence-electron chi connectivity index (χ3n) is 5.79. The van der Waals surface area contributed by atoms with Crippen LogP contribution in [0.4, 0.5) is 11.5 Å². The van der Waals surface area contributed by atoms with Gasteiger partial charge in [-0.15, -0.1) is 0 Å². The van der Waals surface area contributed by atoms with Gasteiger partial charge in [0.05, 0.1) is 5.71 Å². The van der Waals surface area contributed by atoms with Gasteiger partial charge in [0.15, 0.2) is 11.5 Å². The molecular formula is C22H26N4O3. The van der Waals surface area contributed by atoms with E-state index in [1.54, 1.807) is 6.92 Å². The Morgan fingerprint density at radius 2 is 1.93 bits per heavy atom. The number of carboxylic acid groups (broad SMARTS) is 1. The molecule has 1 aromatic heterocycles. The van der Waals surface area contributed by atoms with Gasteiger partial charge in [-0.25, -0.2) is 9.98 Å². The number of anilines is 1. The third kappa shape index (κ3) is 3.81. The SMILES string of the molecule is Cc1nc(N)c2c(n1)OC(C)(C)C(c1ccc(C3CC(CCC(=O)O)C3)cc1)=N2. The molecule has 0 spiro atoms. The molecule has 2 heterocycles. The molecule has 2 aromatic rings. The molecule has 4 rings (SSSR count). The van der Waals surface area contributed by atoms with Crippen molar-refractivity contribution in [2.24, 2.45) is 10.9 Å². The van der Waals surface area contributed by atoms with Gasteiger partial charge < -0.3 is 15.6 Å². The molecule has 7 nitrogen and oxygen atoms in total. The highest BCUT2D eigenvalue weighted by atomic mass is 16.5. The van der Waals surface area contributed by atoms with E-state index in [1.165, 1.54) is 5.56 Å². The largest absolute Gasteiger partial charge is 0.481 e. The molecular weight excluding hydrogens is 368 g/mol. The summed E-state index contributed by atoms with van der Waals surface area (Å²) in [6.45, 7) is 5.71. The molecule has 3 N–H and O–H groups in total. The highest BCUT2D eigenvalue weighted by Crippen LogP contribution is 2.44. The first kappa shape index (κ1) is 19.4. The molecule has 2 aliphatic rings. The number of ether oxygens (including phenoxy) is 1. The van der Waals surface area contributed by atoms with Crippen molar-refractivity contribution < 1.29 is 14.6 Å². The number of aromatic nitrogens is 2. The maximum atomic E-state index is 10.7. The first-order valence-electron chi connectivity index (χ1n) is 9.97. The lowest BCUT2D eigenvalue weighted by atomic mass is 9.69. The van der Waals surface area contributed by atoms with E-state index in [0.717, 1.165) is 30.5 Å². The summed E-state index contributed by atoms with van der Waals surface area (Å²) in [5, 5.41) is 8.82. The van der Waals surface area contributed by atoms with Gasteiger partial charge in [-0.3, -0.25) is 4.79 Å². The van der Waals surface area contributed by atoms with Crippen LogP contribution in [0.1, 0.15) is 62.4 Å². The minimum absolute atomic E-state index is 0.263. The first-order chi connectivity index (χ1) is 13.7. The van der Waals surface area contributed by atoms with Crippen LogP contribution < -0.4 is 10.5 Å². The number of aryl methyl sites for hydroxylation is 1. The average molecular weight is 394 g/mol. The summed E-state index contributed by atoms with van der Waals surface area (Å²) in [6.07, 6.45) is 3.15. The monoisotopic (exact) mass is 394 g/mol. The Kier molecular flexibility index (Phi) is 4.76. The van der Waals surface area contributed by atoms with Gasteiger partial charge in [0.2, 0.25) is 5.88 Å². The Hall–Kier alpha value is -2.96. The van der Waals surface area contributed by atoms with Crippen LogP contribution >= 0.6 is 0 Å². The molecule has 0 saturated heterocycles. The predicted octanol–water partition coefficient (Wildman–Crippen LogP) is 4.02. The minimum Gasteiger partial charge on any atom is -0.481 e. The minimum atomic E-state index is -0.710. The molecule has 152 valence electrons. The zero-order valence-corrected chi connectivity index (χ0v) is 17.0. The Labute approximate surface area is 170 Å². The summed E-state index contributed by atoms with van der Waals surface area (Å²) < 4.78 is 6.11. The van der Waals surface area contributed by atoms with Crippen molar-refractivity contribution in [3.05, 3.63) is 41.2 Å². The van der Waals surface area contributed by atoms with Gasteiger partial charge in [0.25, 0.3) is 0 Å². The molecule has 29 heavy (non-hydrogen) atoms. The molecule has 0 unspecified atom stereocenters. The van der Waals surface area contributed by atoms with Crippen LogP contribution in [0.3, 0.4) is 0 Å². The molecule has 7 heteroatoms. The second-order valence-corrected chi connectivity index (χ2v) is 8.47. The first-order valence-corrected chi connectivity index (χ1v) is 9.97. The molecule has 1 saturated carbocycles. The van der Waals surface area contributed by atoms with E-state index < -0.39 is 11.6 Å². The van der Waals surface area contributed by atoms with E-state index in [9.17, 15) is 4.79 Å². The topological polar surface area (TPSA) is 111 Å². The third-order valence-corrected chi connectivity index (χ3v) is 5.79. The van der Waals surface area contributed by atoms with E-state index >= 15 is 0 Å². The predicted molar refractivity (Wildman–Crippen MR) is 111 cm³/mol. The second kappa shape index (κ2) is 7.13. The van der Waals surface area contributed by atoms with Crippen LogP contribution in [0.15, 0.2) is 29.3 Å². The van der Waals surface area contributed by atoms with Crippen LogP contribution in [0, 0.1) is 12.8 Å². The van der Waals surface area contributed by atoms with Crippen molar-refractivity contribution in [3.63, 3.8) is 0 Å². The lowest BCUT2D eigenvalue weighted by molar-refractivity contribution is -0.137. The van der Waals surface area contributed by atoms with Gasteiger partial charge >= 0.3 is 5.97 Å². The van der Waals surface area contributed by atoms with Crippen molar-refractivity contribution in [3.8, 4) is 5.88 Å². The maximum absolute atomic E-state index is 10.7. The molecule has 0 bridgehead atoms. The van der Waals surface area contributed by atoms with Gasteiger partial charge in [-0.05, 0) is 57.4 Å².